The van der Waals surface area contributed by atoms with Gasteiger partial charge in [0.05, 0.1) is 34.6 Å². The molecule has 0 aliphatic carbocycles. The molecule has 0 unspecified atom stereocenters. The van der Waals surface area contributed by atoms with Crippen LogP contribution in [0.5, 0.6) is 0 Å². The number of thioether (sulfide) groups is 1. The van der Waals surface area contributed by atoms with Crippen LogP contribution in [0.15, 0.2) is 57.7 Å². The molecule has 6 nitrogen and oxygen atoms in total. The molecular weight excluding hydrogens is 374 g/mol. The fourth-order valence-corrected chi connectivity index (χ4v) is 3.54. The topological polar surface area (TPSA) is 95.1 Å². The molecule has 2 heterocycles. The van der Waals surface area contributed by atoms with Crippen molar-refractivity contribution in [2.45, 2.75) is 12.3 Å². The van der Waals surface area contributed by atoms with Crippen LogP contribution < -0.4 is 10.6 Å². The number of carbonyl (C=O) groups is 2. The van der Waals surface area contributed by atoms with Crippen LogP contribution in [0.1, 0.15) is 18.1 Å². The van der Waals surface area contributed by atoms with Crippen LogP contribution in [0, 0.1) is 11.3 Å². The first kappa shape index (κ1) is 18.1. The molecule has 1 aliphatic rings. The lowest BCUT2D eigenvalue weighted by atomic mass is 9.92. The average molecular weight is 388 g/mol. The second-order valence-corrected chi connectivity index (χ2v) is 6.94. The summed E-state index contributed by atoms with van der Waals surface area (Å²) in [5.41, 5.74) is 1.01. The minimum atomic E-state index is -0.439. The van der Waals surface area contributed by atoms with E-state index in [9.17, 15) is 14.9 Å². The standard InChI is InChI=1S/C18H14ClN3O3S/c19-11-3-5-12(6-4-11)21-17(24)10-26-18-14(9-20)13(8-16(23)22-18)15-2-1-7-25-15/h1-7,13H,8,10H2,(H,21,24)(H,22,23)/t13-/m1/s1. The zero-order valence-corrected chi connectivity index (χ0v) is 15.1. The van der Waals surface area contributed by atoms with Crippen LogP contribution in [0.2, 0.25) is 5.02 Å². The zero-order valence-electron chi connectivity index (χ0n) is 13.5. The van der Waals surface area contributed by atoms with Gasteiger partial charge in [0, 0.05) is 17.1 Å². The van der Waals surface area contributed by atoms with E-state index in [0.717, 1.165) is 11.8 Å². The molecule has 0 fully saturated rings. The fourth-order valence-electron chi connectivity index (χ4n) is 2.53. The summed E-state index contributed by atoms with van der Waals surface area (Å²) in [6.07, 6.45) is 1.64. The molecule has 1 aromatic heterocycles. The van der Waals surface area contributed by atoms with Gasteiger partial charge in [-0.3, -0.25) is 9.59 Å². The Morgan fingerprint density at radius 3 is 2.81 bits per heavy atom. The van der Waals surface area contributed by atoms with Gasteiger partial charge < -0.3 is 15.1 Å². The van der Waals surface area contributed by atoms with Gasteiger partial charge in [0.25, 0.3) is 0 Å². The Hall–Kier alpha value is -2.69. The highest BCUT2D eigenvalue weighted by Crippen LogP contribution is 2.36. The summed E-state index contributed by atoms with van der Waals surface area (Å²) in [5, 5.41) is 15.9. The third-order valence-corrected chi connectivity index (χ3v) is 4.99. The van der Waals surface area contributed by atoms with E-state index in [1.165, 1.54) is 6.26 Å². The van der Waals surface area contributed by atoms with Gasteiger partial charge in [-0.25, -0.2) is 0 Å². The largest absolute Gasteiger partial charge is 0.469 e. The second kappa shape index (κ2) is 8.13. The molecule has 2 aromatic rings. The highest BCUT2D eigenvalue weighted by atomic mass is 35.5. The number of nitrogens with one attached hydrogen (secondary N) is 2. The van der Waals surface area contributed by atoms with Gasteiger partial charge >= 0.3 is 0 Å². The van der Waals surface area contributed by atoms with E-state index in [1.54, 1.807) is 36.4 Å². The fraction of sp³-hybridized carbons (Fsp3) is 0.167. The van der Waals surface area contributed by atoms with Crippen LogP contribution in [-0.4, -0.2) is 17.6 Å². The number of nitriles is 1. The van der Waals surface area contributed by atoms with Gasteiger partial charge in [-0.05, 0) is 36.4 Å². The van der Waals surface area contributed by atoms with Crippen molar-refractivity contribution in [2.75, 3.05) is 11.1 Å². The molecule has 0 spiro atoms. The third-order valence-electron chi connectivity index (χ3n) is 3.72. The van der Waals surface area contributed by atoms with E-state index < -0.39 is 5.92 Å². The van der Waals surface area contributed by atoms with Crippen molar-refractivity contribution >= 4 is 40.9 Å². The molecule has 2 N–H and O–H groups in total. The maximum atomic E-state index is 12.1. The summed E-state index contributed by atoms with van der Waals surface area (Å²) in [4.78, 5) is 24.1. The number of carbonyl (C=O) groups excluding carboxylic acids is 2. The smallest absolute Gasteiger partial charge is 0.234 e. The van der Waals surface area contributed by atoms with Crippen LogP contribution in [0.25, 0.3) is 0 Å². The van der Waals surface area contributed by atoms with Crippen molar-refractivity contribution in [1.82, 2.24) is 5.32 Å². The highest BCUT2D eigenvalue weighted by molar-refractivity contribution is 8.03. The predicted molar refractivity (Wildman–Crippen MR) is 99.4 cm³/mol. The Bertz CT molecular complexity index is 885. The molecule has 3 rings (SSSR count). The van der Waals surface area contributed by atoms with Crippen molar-refractivity contribution < 1.29 is 14.0 Å². The molecule has 0 radical (unpaired) electrons. The monoisotopic (exact) mass is 387 g/mol. The summed E-state index contributed by atoms with van der Waals surface area (Å²) < 4.78 is 5.35. The van der Waals surface area contributed by atoms with E-state index in [1.807, 2.05) is 0 Å². The zero-order chi connectivity index (χ0) is 18.5. The molecule has 0 bridgehead atoms. The Morgan fingerprint density at radius 1 is 1.38 bits per heavy atom. The van der Waals surface area contributed by atoms with Gasteiger partial charge in [-0.1, -0.05) is 23.4 Å². The Kier molecular flexibility index (Phi) is 5.66. The van der Waals surface area contributed by atoms with Crippen molar-refractivity contribution in [3.8, 4) is 6.07 Å². The lowest BCUT2D eigenvalue weighted by Crippen LogP contribution is -2.31. The molecule has 8 heteroatoms. The van der Waals surface area contributed by atoms with Gasteiger partial charge in [0.1, 0.15) is 5.76 Å². The van der Waals surface area contributed by atoms with Crippen molar-refractivity contribution in [3.05, 3.63) is 64.0 Å². The highest BCUT2D eigenvalue weighted by Gasteiger charge is 2.31. The maximum Gasteiger partial charge on any atom is 0.234 e. The molecule has 1 atom stereocenters. The summed E-state index contributed by atoms with van der Waals surface area (Å²) in [5.74, 6) is -0.304. The first-order valence-corrected chi connectivity index (χ1v) is 9.09. The molecule has 1 aromatic carbocycles. The summed E-state index contributed by atoms with van der Waals surface area (Å²) >= 11 is 6.92. The van der Waals surface area contributed by atoms with Gasteiger partial charge in [0.2, 0.25) is 11.8 Å². The van der Waals surface area contributed by atoms with Crippen LogP contribution in [0.4, 0.5) is 5.69 Å². The minimum absolute atomic E-state index is 0.0499. The molecule has 1 aliphatic heterocycles. The van der Waals surface area contributed by atoms with Crippen LogP contribution in [-0.2, 0) is 9.59 Å². The summed E-state index contributed by atoms with van der Waals surface area (Å²) in [7, 11) is 0. The Balaban J connectivity index is 1.70. The van der Waals surface area contributed by atoms with E-state index in [-0.39, 0.29) is 24.0 Å². The lowest BCUT2D eigenvalue weighted by Gasteiger charge is -2.23. The quantitative estimate of drug-likeness (QED) is 0.816. The predicted octanol–water partition coefficient (Wildman–Crippen LogP) is 3.64. The minimum Gasteiger partial charge on any atom is -0.469 e. The third kappa shape index (κ3) is 4.28. The second-order valence-electron chi connectivity index (χ2n) is 5.52. The molecule has 0 saturated heterocycles. The SMILES string of the molecule is N#CC1=C(SCC(=O)Nc2ccc(Cl)cc2)NC(=O)C[C@H]1c1ccco1. The molecule has 2 amide bonds. The number of anilines is 1. The van der Waals surface area contributed by atoms with E-state index in [0.29, 0.717) is 27.1 Å². The number of furan rings is 1. The lowest BCUT2D eigenvalue weighted by molar-refractivity contribution is -0.121. The summed E-state index contributed by atoms with van der Waals surface area (Å²) in [6, 6.07) is 12.3. The van der Waals surface area contributed by atoms with Crippen molar-refractivity contribution in [3.63, 3.8) is 0 Å². The van der Waals surface area contributed by atoms with Gasteiger partial charge in [-0.15, -0.1) is 0 Å². The van der Waals surface area contributed by atoms with Gasteiger partial charge in [0.15, 0.2) is 0 Å². The number of hydrogen-bond donors (Lipinski definition) is 2. The first-order chi connectivity index (χ1) is 12.6. The molecule has 26 heavy (non-hydrogen) atoms. The van der Waals surface area contributed by atoms with Crippen LogP contribution >= 0.6 is 23.4 Å². The number of amides is 2. The number of rotatable bonds is 5. The Morgan fingerprint density at radius 2 is 2.15 bits per heavy atom. The number of hydrogen-bond acceptors (Lipinski definition) is 5. The number of allylic oxidation sites excluding steroid dienone is 1. The molecular formula is C18H14ClN3O3S. The maximum absolute atomic E-state index is 12.1. The number of nitrogens with zero attached hydrogens (tertiary/aromatic N) is 1. The van der Waals surface area contributed by atoms with E-state index in [4.69, 9.17) is 16.0 Å². The first-order valence-electron chi connectivity index (χ1n) is 7.72. The average Bonchev–Trinajstić information content (AvgIpc) is 3.16. The normalized spacial score (nSPS) is 16.8. The number of halogens is 1. The molecule has 0 saturated carbocycles. The number of benzene rings is 1. The summed E-state index contributed by atoms with van der Waals surface area (Å²) in [6.45, 7) is 0. The van der Waals surface area contributed by atoms with Crippen molar-refractivity contribution in [1.29, 1.82) is 5.26 Å². The van der Waals surface area contributed by atoms with E-state index >= 15 is 0 Å². The van der Waals surface area contributed by atoms with Crippen molar-refractivity contribution in [2.24, 2.45) is 0 Å². The van der Waals surface area contributed by atoms with Crippen LogP contribution in [0.3, 0.4) is 0 Å². The van der Waals surface area contributed by atoms with E-state index in [2.05, 4.69) is 16.7 Å². The Labute approximate surface area is 159 Å². The van der Waals surface area contributed by atoms with Gasteiger partial charge in [-0.2, -0.15) is 5.26 Å². The molecule has 132 valence electrons.